The van der Waals surface area contributed by atoms with Crippen molar-refractivity contribution in [1.82, 2.24) is 15.0 Å². The number of hydrogen-bond acceptors (Lipinski definition) is 6. The van der Waals surface area contributed by atoms with Gasteiger partial charge in [-0.3, -0.25) is 4.79 Å². The summed E-state index contributed by atoms with van der Waals surface area (Å²) < 4.78 is 4.74. The molecule has 1 N–H and O–H groups in total. The summed E-state index contributed by atoms with van der Waals surface area (Å²) >= 11 is 1.38. The monoisotopic (exact) mass is 367 g/mol. The van der Waals surface area contributed by atoms with Gasteiger partial charge in [0.15, 0.2) is 10.8 Å². The minimum absolute atomic E-state index is 0.145. The Labute approximate surface area is 154 Å². The van der Waals surface area contributed by atoms with Crippen molar-refractivity contribution in [2.45, 2.75) is 12.1 Å². The molecular formula is C19H17N3O3S. The highest BCUT2D eigenvalue weighted by Gasteiger charge is 2.17. The molecule has 2 heterocycles. The molecule has 7 heteroatoms. The predicted octanol–water partition coefficient (Wildman–Crippen LogP) is 3.22. The number of nitrogens with one attached hydrogen (secondary N) is 1. The zero-order valence-corrected chi connectivity index (χ0v) is 15.2. The van der Waals surface area contributed by atoms with Crippen molar-refractivity contribution >= 4 is 34.8 Å². The third kappa shape index (κ3) is 4.00. The van der Waals surface area contributed by atoms with Crippen LogP contribution in [0.25, 0.3) is 17.1 Å². The van der Waals surface area contributed by atoms with E-state index in [2.05, 4.69) is 15.0 Å². The van der Waals surface area contributed by atoms with E-state index in [1.165, 1.54) is 24.9 Å². The van der Waals surface area contributed by atoms with Gasteiger partial charge in [-0.2, -0.15) is 0 Å². The van der Waals surface area contributed by atoms with Crippen molar-refractivity contribution < 1.29 is 9.53 Å². The number of fused-ring (bicyclic) bond motifs is 1. The number of aromatic nitrogens is 3. The van der Waals surface area contributed by atoms with Crippen LogP contribution in [0.5, 0.6) is 0 Å². The first-order valence-corrected chi connectivity index (χ1v) is 8.91. The second-order valence-corrected chi connectivity index (χ2v) is 6.51. The molecule has 3 rings (SSSR count). The molecule has 0 aliphatic heterocycles. The van der Waals surface area contributed by atoms with Gasteiger partial charge in [0.1, 0.15) is 0 Å². The zero-order valence-electron chi connectivity index (χ0n) is 14.4. The van der Waals surface area contributed by atoms with Crippen LogP contribution in [-0.2, 0) is 4.74 Å². The Morgan fingerprint density at radius 1 is 1.27 bits per heavy atom. The fraction of sp³-hybridized carbons (Fsp3) is 0.158. The molecule has 0 amide bonds. The highest BCUT2D eigenvalue weighted by Crippen LogP contribution is 2.18. The van der Waals surface area contributed by atoms with E-state index in [0.29, 0.717) is 16.6 Å². The second-order valence-electron chi connectivity index (χ2n) is 5.50. The quantitative estimate of drug-likeness (QED) is 0.423. The maximum absolute atomic E-state index is 12.4. The van der Waals surface area contributed by atoms with Crippen LogP contribution >= 0.6 is 11.8 Å². The minimum atomic E-state index is -0.584. The number of nitrogens with zero attached hydrogens (tertiary/aromatic N) is 2. The number of carbonyl (C=O) groups is 1. The largest absolute Gasteiger partial charge is 0.465 e. The van der Waals surface area contributed by atoms with Crippen molar-refractivity contribution in [2.75, 3.05) is 12.9 Å². The highest BCUT2D eigenvalue weighted by atomic mass is 32.2. The normalized spacial score (nSPS) is 11.2. The SMILES string of the molecule is COC(=O)c1cc(C)nc2nc(SC/C=C/c3ccccc3)[nH]c(=O)c12. The van der Waals surface area contributed by atoms with Crippen LogP contribution in [-0.4, -0.2) is 33.8 Å². The number of carbonyl (C=O) groups excluding carboxylic acids is 1. The molecule has 0 unspecified atom stereocenters. The fourth-order valence-electron chi connectivity index (χ4n) is 2.46. The Balaban J connectivity index is 1.86. The van der Waals surface area contributed by atoms with Gasteiger partial charge < -0.3 is 9.72 Å². The molecule has 0 aliphatic rings. The van der Waals surface area contributed by atoms with E-state index in [4.69, 9.17) is 4.74 Å². The van der Waals surface area contributed by atoms with Gasteiger partial charge in [0.25, 0.3) is 5.56 Å². The van der Waals surface area contributed by atoms with Crippen molar-refractivity contribution in [1.29, 1.82) is 0 Å². The molecule has 3 aromatic rings. The Bertz CT molecular complexity index is 1030. The zero-order chi connectivity index (χ0) is 18.5. The van der Waals surface area contributed by atoms with E-state index in [9.17, 15) is 9.59 Å². The first kappa shape index (κ1) is 17.9. The number of benzene rings is 1. The topological polar surface area (TPSA) is 84.9 Å². The Morgan fingerprint density at radius 3 is 2.77 bits per heavy atom. The molecule has 0 saturated heterocycles. The number of rotatable bonds is 5. The lowest BCUT2D eigenvalue weighted by molar-refractivity contribution is 0.0602. The standard InChI is InChI=1S/C19H17N3O3S/c1-12-11-14(18(24)25-2)15-16(20-12)21-19(22-17(15)23)26-10-6-9-13-7-4-3-5-8-13/h3-9,11H,10H2,1-2H3,(H,20,21,22,23)/b9-6+. The number of aromatic amines is 1. The molecule has 0 fully saturated rings. The molecule has 26 heavy (non-hydrogen) atoms. The Hall–Kier alpha value is -2.93. The number of pyridine rings is 1. The van der Waals surface area contributed by atoms with E-state index in [-0.39, 0.29) is 16.6 Å². The summed E-state index contributed by atoms with van der Waals surface area (Å²) in [5, 5.41) is 0.598. The number of aryl methyl sites for hydroxylation is 1. The second kappa shape index (κ2) is 7.97. The highest BCUT2D eigenvalue weighted by molar-refractivity contribution is 7.99. The molecule has 2 aromatic heterocycles. The van der Waals surface area contributed by atoms with Gasteiger partial charge in [-0.1, -0.05) is 54.2 Å². The number of H-pyrrole nitrogens is 1. The van der Waals surface area contributed by atoms with Crippen LogP contribution in [0, 0.1) is 6.92 Å². The summed E-state index contributed by atoms with van der Waals surface area (Å²) in [5.41, 5.74) is 1.70. The lowest BCUT2D eigenvalue weighted by atomic mass is 10.1. The summed E-state index contributed by atoms with van der Waals surface area (Å²) in [6, 6.07) is 11.5. The van der Waals surface area contributed by atoms with Crippen LogP contribution in [0.2, 0.25) is 0 Å². The van der Waals surface area contributed by atoms with Crippen LogP contribution in [0.3, 0.4) is 0 Å². The van der Waals surface area contributed by atoms with Gasteiger partial charge >= 0.3 is 5.97 Å². The van der Waals surface area contributed by atoms with Gasteiger partial charge in [-0.25, -0.2) is 14.8 Å². The van der Waals surface area contributed by atoms with Gasteiger partial charge in [0.2, 0.25) is 0 Å². The number of ether oxygens (including phenoxy) is 1. The van der Waals surface area contributed by atoms with Crippen molar-refractivity contribution in [2.24, 2.45) is 0 Å². The molecule has 0 bridgehead atoms. The maximum Gasteiger partial charge on any atom is 0.338 e. The minimum Gasteiger partial charge on any atom is -0.465 e. The van der Waals surface area contributed by atoms with Crippen molar-refractivity contribution in [3.8, 4) is 0 Å². The van der Waals surface area contributed by atoms with Gasteiger partial charge in [-0.05, 0) is 18.6 Å². The molecule has 6 nitrogen and oxygen atoms in total. The molecule has 0 spiro atoms. The van der Waals surface area contributed by atoms with Crippen LogP contribution in [0.1, 0.15) is 21.6 Å². The Kier molecular flexibility index (Phi) is 5.48. The fourth-order valence-corrected chi connectivity index (χ4v) is 3.13. The van der Waals surface area contributed by atoms with Gasteiger partial charge in [-0.15, -0.1) is 0 Å². The molecule has 0 saturated carbocycles. The van der Waals surface area contributed by atoms with Crippen LogP contribution in [0.4, 0.5) is 0 Å². The predicted molar refractivity (Wildman–Crippen MR) is 102 cm³/mol. The lowest BCUT2D eigenvalue weighted by Gasteiger charge is -2.06. The summed E-state index contributed by atoms with van der Waals surface area (Å²) in [5.74, 6) is 0.0537. The smallest absolute Gasteiger partial charge is 0.338 e. The first-order valence-electron chi connectivity index (χ1n) is 7.93. The third-order valence-electron chi connectivity index (χ3n) is 3.61. The number of esters is 1. The van der Waals surface area contributed by atoms with Crippen LogP contribution < -0.4 is 5.56 Å². The molecule has 0 atom stereocenters. The maximum atomic E-state index is 12.4. The van der Waals surface area contributed by atoms with Crippen molar-refractivity contribution in [3.05, 3.63) is 69.6 Å². The van der Waals surface area contributed by atoms with Gasteiger partial charge in [0.05, 0.1) is 18.1 Å². The average molecular weight is 367 g/mol. The van der Waals surface area contributed by atoms with Crippen LogP contribution in [0.15, 0.2) is 52.4 Å². The Morgan fingerprint density at radius 2 is 2.04 bits per heavy atom. The average Bonchev–Trinajstić information content (AvgIpc) is 2.64. The summed E-state index contributed by atoms with van der Waals surface area (Å²) in [4.78, 5) is 35.7. The first-order chi connectivity index (χ1) is 12.6. The molecule has 0 aliphatic carbocycles. The number of methoxy groups -OCH3 is 1. The molecule has 0 radical (unpaired) electrons. The molecular weight excluding hydrogens is 350 g/mol. The van der Waals surface area contributed by atoms with Crippen molar-refractivity contribution in [3.63, 3.8) is 0 Å². The summed E-state index contributed by atoms with van der Waals surface area (Å²) in [7, 11) is 1.27. The van der Waals surface area contributed by atoms with E-state index >= 15 is 0 Å². The summed E-state index contributed by atoms with van der Waals surface area (Å²) in [6.07, 6.45) is 4.00. The lowest BCUT2D eigenvalue weighted by Crippen LogP contribution is -2.16. The third-order valence-corrected chi connectivity index (χ3v) is 4.44. The van der Waals surface area contributed by atoms with E-state index < -0.39 is 11.5 Å². The number of hydrogen-bond donors (Lipinski definition) is 1. The van der Waals surface area contributed by atoms with E-state index in [1.807, 2.05) is 42.5 Å². The molecule has 1 aromatic carbocycles. The van der Waals surface area contributed by atoms with Gasteiger partial charge in [0, 0.05) is 11.4 Å². The van der Waals surface area contributed by atoms with E-state index in [1.54, 1.807) is 6.92 Å². The molecule has 132 valence electrons. The summed E-state index contributed by atoms with van der Waals surface area (Å²) in [6.45, 7) is 1.74. The number of thioether (sulfide) groups is 1. The van der Waals surface area contributed by atoms with E-state index in [0.717, 1.165) is 5.56 Å².